The molecule has 1 rings (SSSR count). The maximum atomic E-state index is 11.9. The average Bonchev–Trinajstić information content (AvgIpc) is 2.15. The van der Waals surface area contributed by atoms with Gasteiger partial charge < -0.3 is 4.74 Å². The summed E-state index contributed by atoms with van der Waals surface area (Å²) in [7, 11) is 1.52. The molecule has 0 aliphatic carbocycles. The van der Waals surface area contributed by atoms with Crippen molar-refractivity contribution in [3.8, 4) is 5.88 Å². The van der Waals surface area contributed by atoms with Gasteiger partial charge in [-0.3, -0.25) is 4.79 Å². The highest BCUT2D eigenvalue weighted by Crippen LogP contribution is 2.25. The molecule has 0 aromatic carbocycles. The van der Waals surface area contributed by atoms with Crippen LogP contribution in [0.4, 0.5) is 0 Å². The van der Waals surface area contributed by atoms with Crippen LogP contribution in [0.15, 0.2) is 18.3 Å². The lowest BCUT2D eigenvalue weighted by Gasteiger charge is -2.17. The summed E-state index contributed by atoms with van der Waals surface area (Å²) >= 11 is 0. The van der Waals surface area contributed by atoms with Crippen LogP contribution < -0.4 is 4.74 Å². The van der Waals surface area contributed by atoms with Gasteiger partial charge in [0.1, 0.15) is 0 Å². The van der Waals surface area contributed by atoms with Crippen LogP contribution in [0, 0.1) is 5.41 Å². The Morgan fingerprint density at radius 3 is 2.57 bits per heavy atom. The van der Waals surface area contributed by atoms with E-state index in [1.54, 1.807) is 18.3 Å². The molecule has 0 spiro atoms. The number of hydrogen-bond acceptors (Lipinski definition) is 3. The molecule has 3 nitrogen and oxygen atoms in total. The number of ether oxygens (including phenoxy) is 1. The van der Waals surface area contributed by atoms with Crippen molar-refractivity contribution in [1.82, 2.24) is 4.98 Å². The molecule has 14 heavy (non-hydrogen) atoms. The molecule has 3 heteroatoms. The van der Waals surface area contributed by atoms with Gasteiger partial charge in [0.15, 0.2) is 5.78 Å². The number of pyridine rings is 1. The van der Waals surface area contributed by atoms with Crippen molar-refractivity contribution in [2.45, 2.75) is 20.8 Å². The fraction of sp³-hybridized carbons (Fsp3) is 0.455. The Hall–Kier alpha value is -1.38. The van der Waals surface area contributed by atoms with Crippen molar-refractivity contribution in [2.24, 2.45) is 5.41 Å². The Morgan fingerprint density at radius 1 is 1.43 bits per heavy atom. The van der Waals surface area contributed by atoms with Crippen LogP contribution >= 0.6 is 0 Å². The van der Waals surface area contributed by atoms with Gasteiger partial charge in [-0.05, 0) is 12.1 Å². The first kappa shape index (κ1) is 10.7. The Balaban J connectivity index is 3.13. The highest BCUT2D eigenvalue weighted by molar-refractivity contribution is 6.01. The minimum Gasteiger partial charge on any atom is -0.480 e. The van der Waals surface area contributed by atoms with Crippen LogP contribution in [0.5, 0.6) is 5.88 Å². The van der Waals surface area contributed by atoms with Crippen molar-refractivity contribution >= 4 is 5.78 Å². The molecule has 0 saturated carbocycles. The number of methoxy groups -OCH3 is 1. The molecule has 76 valence electrons. The number of nitrogens with zero attached hydrogens (tertiary/aromatic N) is 1. The number of aromatic nitrogens is 1. The van der Waals surface area contributed by atoms with Crippen LogP contribution in [0.3, 0.4) is 0 Å². The molecular formula is C11H15NO2. The van der Waals surface area contributed by atoms with E-state index in [4.69, 9.17) is 4.74 Å². The number of carbonyl (C=O) groups is 1. The maximum Gasteiger partial charge on any atom is 0.224 e. The highest BCUT2D eigenvalue weighted by atomic mass is 16.5. The summed E-state index contributed by atoms with van der Waals surface area (Å²) in [5, 5.41) is 0. The summed E-state index contributed by atoms with van der Waals surface area (Å²) in [6.45, 7) is 5.63. The van der Waals surface area contributed by atoms with E-state index in [-0.39, 0.29) is 5.78 Å². The van der Waals surface area contributed by atoms with E-state index in [0.29, 0.717) is 11.4 Å². The monoisotopic (exact) mass is 193 g/mol. The summed E-state index contributed by atoms with van der Waals surface area (Å²) < 4.78 is 5.03. The third-order valence-corrected chi connectivity index (χ3v) is 1.89. The Bertz CT molecular complexity index is 339. The molecule has 0 saturated heterocycles. The fourth-order valence-corrected chi connectivity index (χ4v) is 1.13. The molecular weight excluding hydrogens is 178 g/mol. The zero-order chi connectivity index (χ0) is 10.8. The lowest BCUT2D eigenvalue weighted by molar-refractivity contribution is 0.0854. The smallest absolute Gasteiger partial charge is 0.224 e. The molecule has 0 radical (unpaired) electrons. The Kier molecular flexibility index (Phi) is 2.89. The summed E-state index contributed by atoms with van der Waals surface area (Å²) in [5.74, 6) is 0.440. The third kappa shape index (κ3) is 2.10. The summed E-state index contributed by atoms with van der Waals surface area (Å²) in [5.41, 5.74) is 0.138. The number of Topliss-reactive ketones (excluding diaryl/α,β-unsaturated/α-hetero) is 1. The van der Waals surface area contributed by atoms with Gasteiger partial charge in [0.25, 0.3) is 0 Å². The highest BCUT2D eigenvalue weighted by Gasteiger charge is 2.25. The number of ketones is 1. The first-order chi connectivity index (χ1) is 6.46. The normalized spacial score (nSPS) is 11.1. The van der Waals surface area contributed by atoms with Crippen LogP contribution in [-0.4, -0.2) is 17.9 Å². The van der Waals surface area contributed by atoms with Gasteiger partial charge in [0, 0.05) is 11.6 Å². The molecule has 0 bridgehead atoms. The van der Waals surface area contributed by atoms with Gasteiger partial charge in [-0.2, -0.15) is 0 Å². The summed E-state index contributed by atoms with van der Waals surface area (Å²) in [6.07, 6.45) is 1.61. The second kappa shape index (κ2) is 3.78. The van der Waals surface area contributed by atoms with E-state index in [2.05, 4.69) is 4.98 Å². The van der Waals surface area contributed by atoms with Crippen LogP contribution in [0.2, 0.25) is 0 Å². The summed E-state index contributed by atoms with van der Waals surface area (Å²) in [4.78, 5) is 15.9. The number of carbonyl (C=O) groups excluding carboxylic acids is 1. The molecule has 0 fully saturated rings. The minimum atomic E-state index is -0.406. The topological polar surface area (TPSA) is 39.2 Å². The maximum absolute atomic E-state index is 11.9. The largest absolute Gasteiger partial charge is 0.480 e. The number of hydrogen-bond donors (Lipinski definition) is 0. The second-order valence-corrected chi connectivity index (χ2v) is 4.14. The molecule has 0 N–H and O–H groups in total. The van der Waals surface area contributed by atoms with E-state index in [0.717, 1.165) is 0 Å². The van der Waals surface area contributed by atoms with Gasteiger partial charge in [0.05, 0.1) is 12.7 Å². The van der Waals surface area contributed by atoms with Gasteiger partial charge in [-0.1, -0.05) is 20.8 Å². The van der Waals surface area contributed by atoms with Gasteiger partial charge >= 0.3 is 0 Å². The molecule has 0 amide bonds. The van der Waals surface area contributed by atoms with E-state index in [1.807, 2.05) is 20.8 Å². The molecule has 1 aromatic rings. The van der Waals surface area contributed by atoms with E-state index < -0.39 is 5.41 Å². The molecule has 0 aliphatic rings. The van der Waals surface area contributed by atoms with Gasteiger partial charge in [0.2, 0.25) is 5.88 Å². The van der Waals surface area contributed by atoms with Gasteiger partial charge in [-0.25, -0.2) is 4.98 Å². The molecule has 1 heterocycles. The second-order valence-electron chi connectivity index (χ2n) is 4.14. The van der Waals surface area contributed by atoms with Gasteiger partial charge in [-0.15, -0.1) is 0 Å². The average molecular weight is 193 g/mol. The van der Waals surface area contributed by atoms with Crippen molar-refractivity contribution < 1.29 is 9.53 Å². The van der Waals surface area contributed by atoms with Crippen LogP contribution in [0.1, 0.15) is 31.1 Å². The molecule has 1 aromatic heterocycles. The first-order valence-electron chi connectivity index (χ1n) is 4.50. The first-order valence-corrected chi connectivity index (χ1v) is 4.50. The minimum absolute atomic E-state index is 0.0439. The van der Waals surface area contributed by atoms with Crippen molar-refractivity contribution in [1.29, 1.82) is 0 Å². The van der Waals surface area contributed by atoms with Crippen molar-refractivity contribution in [3.63, 3.8) is 0 Å². The van der Waals surface area contributed by atoms with Crippen LogP contribution in [0.25, 0.3) is 0 Å². The third-order valence-electron chi connectivity index (χ3n) is 1.89. The van der Waals surface area contributed by atoms with Crippen molar-refractivity contribution in [3.05, 3.63) is 23.9 Å². The lowest BCUT2D eigenvalue weighted by atomic mass is 9.87. The van der Waals surface area contributed by atoms with E-state index in [1.165, 1.54) is 7.11 Å². The Labute approximate surface area is 84.1 Å². The quantitative estimate of drug-likeness (QED) is 0.676. The zero-order valence-electron chi connectivity index (χ0n) is 9.00. The molecule has 0 atom stereocenters. The predicted octanol–water partition coefficient (Wildman–Crippen LogP) is 2.32. The predicted molar refractivity (Wildman–Crippen MR) is 54.6 cm³/mol. The zero-order valence-corrected chi connectivity index (χ0v) is 9.00. The van der Waals surface area contributed by atoms with E-state index >= 15 is 0 Å². The lowest BCUT2D eigenvalue weighted by Crippen LogP contribution is -2.21. The molecule has 0 aliphatic heterocycles. The number of rotatable bonds is 2. The standard InChI is InChI=1S/C11H15NO2/c1-11(2,3)9(13)8-6-5-7-12-10(8)14-4/h5-7H,1-4H3. The summed E-state index contributed by atoms with van der Waals surface area (Å²) in [6, 6.07) is 3.47. The molecule has 0 unspecified atom stereocenters. The SMILES string of the molecule is COc1ncccc1C(=O)C(C)(C)C. The fourth-order valence-electron chi connectivity index (χ4n) is 1.13. The van der Waals surface area contributed by atoms with E-state index in [9.17, 15) is 4.79 Å². The Morgan fingerprint density at radius 2 is 2.07 bits per heavy atom. The van der Waals surface area contributed by atoms with Crippen molar-refractivity contribution in [2.75, 3.05) is 7.11 Å². The van der Waals surface area contributed by atoms with Crippen LogP contribution in [-0.2, 0) is 0 Å².